The molecule has 2 aromatic rings. The molecule has 108 valence electrons. The minimum absolute atomic E-state index is 0.0877. The highest BCUT2D eigenvalue weighted by molar-refractivity contribution is 5.94. The van der Waals surface area contributed by atoms with Crippen LogP contribution in [0, 0.1) is 0 Å². The second-order valence-corrected chi connectivity index (χ2v) is 5.38. The second-order valence-electron chi connectivity index (χ2n) is 5.38. The molecule has 3 nitrogen and oxygen atoms in total. The lowest BCUT2D eigenvalue weighted by Gasteiger charge is -2.31. The highest BCUT2D eigenvalue weighted by Crippen LogP contribution is 2.20. The van der Waals surface area contributed by atoms with Gasteiger partial charge in [0, 0.05) is 18.7 Å². The Morgan fingerprint density at radius 2 is 1.71 bits per heavy atom. The third-order valence-electron chi connectivity index (χ3n) is 3.77. The van der Waals surface area contributed by atoms with Gasteiger partial charge in [-0.05, 0) is 30.2 Å². The maximum atomic E-state index is 12.5. The van der Waals surface area contributed by atoms with Gasteiger partial charge in [-0.2, -0.15) is 0 Å². The Kier molecular flexibility index (Phi) is 4.02. The van der Waals surface area contributed by atoms with Crippen molar-refractivity contribution in [2.45, 2.75) is 13.0 Å². The third kappa shape index (κ3) is 3.14. The van der Waals surface area contributed by atoms with E-state index < -0.39 is 0 Å². The number of hydrogen-bond donors (Lipinski definition) is 0. The predicted molar refractivity (Wildman–Crippen MR) is 83.2 cm³/mol. The molecule has 1 amide bonds. The lowest BCUT2D eigenvalue weighted by Crippen LogP contribution is -2.44. The molecule has 0 saturated carbocycles. The van der Waals surface area contributed by atoms with Gasteiger partial charge in [0.25, 0.3) is 5.91 Å². The van der Waals surface area contributed by atoms with E-state index in [1.54, 1.807) is 0 Å². The topological polar surface area (TPSA) is 29.5 Å². The van der Waals surface area contributed by atoms with E-state index in [9.17, 15) is 4.79 Å². The molecule has 0 aromatic heterocycles. The van der Waals surface area contributed by atoms with Crippen LogP contribution >= 0.6 is 0 Å². The molecule has 0 N–H and O–H groups in total. The standard InChI is InChI=1S/C18H19NO2/c1-14-13-19(11-12-21-14)18(20)17-9-7-16(8-10-17)15-5-3-2-4-6-15/h2-10,14H,11-13H2,1H3. The van der Waals surface area contributed by atoms with Crippen LogP contribution in [-0.4, -0.2) is 36.6 Å². The van der Waals surface area contributed by atoms with Crippen LogP contribution in [0.25, 0.3) is 11.1 Å². The molecule has 1 heterocycles. The van der Waals surface area contributed by atoms with Crippen molar-refractivity contribution in [3.05, 3.63) is 60.2 Å². The summed E-state index contributed by atoms with van der Waals surface area (Å²) in [5.41, 5.74) is 3.03. The summed E-state index contributed by atoms with van der Waals surface area (Å²) in [5, 5.41) is 0. The van der Waals surface area contributed by atoms with E-state index in [0.29, 0.717) is 19.7 Å². The van der Waals surface area contributed by atoms with Crippen LogP contribution < -0.4 is 0 Å². The van der Waals surface area contributed by atoms with Gasteiger partial charge in [0.15, 0.2) is 0 Å². The van der Waals surface area contributed by atoms with E-state index in [0.717, 1.165) is 16.7 Å². The molecule has 2 aromatic carbocycles. The Morgan fingerprint density at radius 1 is 1.05 bits per heavy atom. The summed E-state index contributed by atoms with van der Waals surface area (Å²) < 4.78 is 5.48. The van der Waals surface area contributed by atoms with Crippen molar-refractivity contribution in [2.24, 2.45) is 0 Å². The highest BCUT2D eigenvalue weighted by atomic mass is 16.5. The molecule has 0 aliphatic carbocycles. The molecule has 0 bridgehead atoms. The quantitative estimate of drug-likeness (QED) is 0.846. The number of benzene rings is 2. The zero-order valence-electron chi connectivity index (χ0n) is 12.2. The number of morpholine rings is 1. The van der Waals surface area contributed by atoms with Gasteiger partial charge < -0.3 is 9.64 Å². The Labute approximate surface area is 125 Å². The first-order chi connectivity index (χ1) is 10.2. The molecule has 1 aliphatic rings. The number of carbonyl (C=O) groups excluding carboxylic acids is 1. The molecule has 1 unspecified atom stereocenters. The molecule has 1 aliphatic heterocycles. The monoisotopic (exact) mass is 281 g/mol. The minimum atomic E-state index is 0.0877. The van der Waals surface area contributed by atoms with Crippen molar-refractivity contribution in [1.29, 1.82) is 0 Å². The lowest BCUT2D eigenvalue weighted by atomic mass is 10.0. The number of ether oxygens (including phenoxy) is 1. The first-order valence-corrected chi connectivity index (χ1v) is 7.30. The molecule has 0 radical (unpaired) electrons. The van der Waals surface area contributed by atoms with Crippen LogP contribution in [0.3, 0.4) is 0 Å². The SMILES string of the molecule is CC1CN(C(=O)c2ccc(-c3ccccc3)cc2)CCO1. The third-order valence-corrected chi connectivity index (χ3v) is 3.77. The van der Waals surface area contributed by atoms with Crippen LogP contribution in [-0.2, 0) is 4.74 Å². The molecule has 3 rings (SSSR count). The fraction of sp³-hybridized carbons (Fsp3) is 0.278. The van der Waals surface area contributed by atoms with Gasteiger partial charge in [0.1, 0.15) is 0 Å². The largest absolute Gasteiger partial charge is 0.375 e. The Morgan fingerprint density at radius 3 is 2.38 bits per heavy atom. The number of rotatable bonds is 2. The summed E-state index contributed by atoms with van der Waals surface area (Å²) in [4.78, 5) is 14.3. The van der Waals surface area contributed by atoms with Gasteiger partial charge in [0.05, 0.1) is 12.7 Å². The first kappa shape index (κ1) is 13.8. The molecular weight excluding hydrogens is 262 g/mol. The van der Waals surface area contributed by atoms with Crippen LogP contribution in [0.5, 0.6) is 0 Å². The van der Waals surface area contributed by atoms with Gasteiger partial charge in [-0.1, -0.05) is 42.5 Å². The molecule has 21 heavy (non-hydrogen) atoms. The van der Waals surface area contributed by atoms with E-state index >= 15 is 0 Å². The highest BCUT2D eigenvalue weighted by Gasteiger charge is 2.22. The maximum Gasteiger partial charge on any atom is 0.254 e. The van der Waals surface area contributed by atoms with Gasteiger partial charge in [-0.25, -0.2) is 0 Å². The fourth-order valence-electron chi connectivity index (χ4n) is 2.62. The summed E-state index contributed by atoms with van der Waals surface area (Å²) in [6, 6.07) is 18.0. The number of nitrogens with zero attached hydrogens (tertiary/aromatic N) is 1. The van der Waals surface area contributed by atoms with Crippen LogP contribution in [0.4, 0.5) is 0 Å². The summed E-state index contributed by atoms with van der Waals surface area (Å²) in [5.74, 6) is 0.0877. The maximum absolute atomic E-state index is 12.5. The normalized spacial score (nSPS) is 18.5. The zero-order valence-corrected chi connectivity index (χ0v) is 12.2. The van der Waals surface area contributed by atoms with Crippen molar-refractivity contribution >= 4 is 5.91 Å². The number of amides is 1. The first-order valence-electron chi connectivity index (χ1n) is 7.30. The van der Waals surface area contributed by atoms with E-state index in [-0.39, 0.29) is 12.0 Å². The van der Waals surface area contributed by atoms with Crippen molar-refractivity contribution in [3.8, 4) is 11.1 Å². The van der Waals surface area contributed by atoms with Gasteiger partial charge in [0.2, 0.25) is 0 Å². The average molecular weight is 281 g/mol. The predicted octanol–water partition coefficient (Wildman–Crippen LogP) is 3.21. The second kappa shape index (κ2) is 6.10. The summed E-state index contributed by atoms with van der Waals surface area (Å²) in [7, 11) is 0. The molecule has 1 atom stereocenters. The van der Waals surface area contributed by atoms with Crippen molar-refractivity contribution in [3.63, 3.8) is 0 Å². The molecule has 0 spiro atoms. The average Bonchev–Trinajstić information content (AvgIpc) is 2.55. The van der Waals surface area contributed by atoms with Gasteiger partial charge >= 0.3 is 0 Å². The van der Waals surface area contributed by atoms with Gasteiger partial charge in [-0.3, -0.25) is 4.79 Å². The van der Waals surface area contributed by atoms with Crippen LogP contribution in [0.15, 0.2) is 54.6 Å². The molecule has 1 saturated heterocycles. The molecule has 1 fully saturated rings. The van der Waals surface area contributed by atoms with Crippen LogP contribution in [0.1, 0.15) is 17.3 Å². The molecular formula is C18H19NO2. The van der Waals surface area contributed by atoms with E-state index in [1.807, 2.05) is 54.3 Å². The number of carbonyl (C=O) groups is 1. The Balaban J connectivity index is 1.76. The molecule has 3 heteroatoms. The van der Waals surface area contributed by atoms with Crippen molar-refractivity contribution in [2.75, 3.05) is 19.7 Å². The summed E-state index contributed by atoms with van der Waals surface area (Å²) in [6.45, 7) is 3.95. The number of hydrogen-bond acceptors (Lipinski definition) is 2. The van der Waals surface area contributed by atoms with Crippen LogP contribution in [0.2, 0.25) is 0 Å². The van der Waals surface area contributed by atoms with E-state index in [4.69, 9.17) is 4.74 Å². The minimum Gasteiger partial charge on any atom is -0.375 e. The summed E-state index contributed by atoms with van der Waals surface area (Å²) >= 11 is 0. The Hall–Kier alpha value is -2.13. The fourth-order valence-corrected chi connectivity index (χ4v) is 2.62. The summed E-state index contributed by atoms with van der Waals surface area (Å²) in [6.07, 6.45) is 0.117. The van der Waals surface area contributed by atoms with E-state index in [1.165, 1.54) is 0 Å². The Bertz CT molecular complexity index is 607. The zero-order chi connectivity index (χ0) is 14.7. The lowest BCUT2D eigenvalue weighted by molar-refractivity contribution is -0.0124. The van der Waals surface area contributed by atoms with Crippen molar-refractivity contribution < 1.29 is 9.53 Å². The van der Waals surface area contributed by atoms with E-state index in [2.05, 4.69) is 12.1 Å². The van der Waals surface area contributed by atoms with Crippen molar-refractivity contribution in [1.82, 2.24) is 4.90 Å². The van der Waals surface area contributed by atoms with Gasteiger partial charge in [-0.15, -0.1) is 0 Å². The smallest absolute Gasteiger partial charge is 0.254 e.